The number of halogens is 4. The lowest BCUT2D eigenvalue weighted by Crippen LogP contribution is -2.44. The van der Waals surface area contributed by atoms with E-state index in [1.54, 1.807) is 12.4 Å². The molecule has 0 saturated carbocycles. The second-order valence-corrected chi connectivity index (χ2v) is 9.64. The summed E-state index contributed by atoms with van der Waals surface area (Å²) in [6.07, 6.45) is -1.62. The third kappa shape index (κ3) is 4.73. The predicted octanol–water partition coefficient (Wildman–Crippen LogP) is 4.90. The minimum absolute atomic E-state index is 0.0475. The highest BCUT2D eigenvalue weighted by Crippen LogP contribution is 2.40. The highest BCUT2D eigenvalue weighted by molar-refractivity contribution is 5.75. The zero-order valence-corrected chi connectivity index (χ0v) is 20.6. The Morgan fingerprint density at radius 1 is 1.00 bits per heavy atom. The molecule has 0 aliphatic carbocycles. The molecular weight excluding hydrogens is 502 g/mol. The first-order valence-electron chi connectivity index (χ1n) is 12.3. The van der Waals surface area contributed by atoms with Crippen molar-refractivity contribution in [3.8, 4) is 11.5 Å². The van der Waals surface area contributed by atoms with E-state index in [0.29, 0.717) is 23.3 Å². The van der Waals surface area contributed by atoms with Crippen molar-refractivity contribution >= 4 is 16.9 Å². The number of nitrogens with zero attached hydrogens (tertiary/aromatic N) is 5. The largest absolute Gasteiger partial charge is 0.485 e. The number of alkyl halides is 3. The standard InChI is InChI=1S/C27H25F4N5O2/c1-34-6-8-35(9-7-34)20-12-22-26(32-13-20)36(16-33-22)14-17-10-21(28)25-23(11-17)37-15-24(38-25)18-2-4-19(5-3-18)27(29,30)31/h2-5,10-13,16,24H,6-9,14-15H2,1H3. The van der Waals surface area contributed by atoms with Gasteiger partial charge in [0.05, 0.1) is 30.3 Å². The maximum Gasteiger partial charge on any atom is 0.416 e. The third-order valence-corrected chi connectivity index (χ3v) is 6.99. The van der Waals surface area contributed by atoms with Crippen molar-refractivity contribution < 1.29 is 27.0 Å². The molecule has 7 nitrogen and oxygen atoms in total. The van der Waals surface area contributed by atoms with Crippen LogP contribution in [0.5, 0.6) is 11.5 Å². The maximum absolute atomic E-state index is 15.1. The number of aromatic nitrogens is 3. The zero-order valence-electron chi connectivity index (χ0n) is 20.6. The normalized spacial score (nSPS) is 18.2. The van der Waals surface area contributed by atoms with E-state index in [1.165, 1.54) is 18.2 Å². The zero-order chi connectivity index (χ0) is 26.4. The molecule has 0 bridgehead atoms. The summed E-state index contributed by atoms with van der Waals surface area (Å²) in [5.41, 5.74) is 2.84. The van der Waals surface area contributed by atoms with Crippen molar-refractivity contribution in [2.75, 3.05) is 44.7 Å². The van der Waals surface area contributed by atoms with Gasteiger partial charge in [-0.2, -0.15) is 13.2 Å². The van der Waals surface area contributed by atoms with E-state index >= 15 is 4.39 Å². The lowest BCUT2D eigenvalue weighted by Gasteiger charge is -2.33. The molecule has 4 aromatic rings. The number of piperazine rings is 1. The number of fused-ring (bicyclic) bond motifs is 2. The van der Waals surface area contributed by atoms with Crippen molar-refractivity contribution in [1.29, 1.82) is 0 Å². The topological polar surface area (TPSA) is 55.7 Å². The van der Waals surface area contributed by atoms with Crippen LogP contribution in [0, 0.1) is 5.82 Å². The SMILES string of the molecule is CN1CCN(c2cnc3c(c2)ncn3Cc2cc(F)c3c(c2)OCC(c2ccc(C(F)(F)F)cc2)O3)CC1. The van der Waals surface area contributed by atoms with Crippen molar-refractivity contribution in [3.05, 3.63) is 77.5 Å². The average molecular weight is 528 g/mol. The number of pyridine rings is 1. The summed E-state index contributed by atoms with van der Waals surface area (Å²) in [4.78, 5) is 13.7. The number of benzene rings is 2. The quantitative estimate of drug-likeness (QED) is 0.352. The molecule has 2 aromatic heterocycles. The van der Waals surface area contributed by atoms with Crippen molar-refractivity contribution in [1.82, 2.24) is 19.4 Å². The molecule has 1 fully saturated rings. The maximum atomic E-state index is 15.1. The van der Waals surface area contributed by atoms with Crippen LogP contribution in [0.4, 0.5) is 23.2 Å². The van der Waals surface area contributed by atoms with E-state index in [1.807, 2.05) is 16.8 Å². The fourth-order valence-corrected chi connectivity index (χ4v) is 4.82. The Morgan fingerprint density at radius 3 is 2.50 bits per heavy atom. The summed E-state index contributed by atoms with van der Waals surface area (Å²) in [5, 5.41) is 0. The molecule has 2 aliphatic rings. The molecule has 1 atom stereocenters. The first kappa shape index (κ1) is 24.5. The molecule has 0 spiro atoms. The van der Waals surface area contributed by atoms with Gasteiger partial charge < -0.3 is 23.8 Å². The summed E-state index contributed by atoms with van der Waals surface area (Å²) >= 11 is 0. The first-order valence-corrected chi connectivity index (χ1v) is 12.3. The number of imidazole rings is 1. The van der Waals surface area contributed by atoms with Crippen LogP contribution in [0.3, 0.4) is 0 Å². The lowest BCUT2D eigenvalue weighted by molar-refractivity contribution is -0.137. The Hall–Kier alpha value is -3.86. The summed E-state index contributed by atoms with van der Waals surface area (Å²) < 4.78 is 67.1. The number of ether oxygens (including phenoxy) is 2. The number of hydrogen-bond donors (Lipinski definition) is 0. The first-order chi connectivity index (χ1) is 18.2. The molecule has 6 rings (SSSR count). The highest BCUT2D eigenvalue weighted by atomic mass is 19.4. The van der Waals surface area contributed by atoms with Crippen LogP contribution < -0.4 is 14.4 Å². The molecule has 198 valence electrons. The number of anilines is 1. The van der Waals surface area contributed by atoms with E-state index in [-0.39, 0.29) is 18.1 Å². The van der Waals surface area contributed by atoms with Crippen LogP contribution in [-0.2, 0) is 12.7 Å². The number of hydrogen-bond acceptors (Lipinski definition) is 6. The van der Waals surface area contributed by atoms with Gasteiger partial charge in [-0.25, -0.2) is 14.4 Å². The van der Waals surface area contributed by atoms with E-state index < -0.39 is 23.7 Å². The molecule has 11 heteroatoms. The van der Waals surface area contributed by atoms with Crippen LogP contribution in [0.2, 0.25) is 0 Å². The molecule has 1 unspecified atom stereocenters. The molecule has 0 amide bonds. The van der Waals surface area contributed by atoms with E-state index in [0.717, 1.165) is 49.5 Å². The summed E-state index contributed by atoms with van der Waals surface area (Å²) in [7, 11) is 2.11. The van der Waals surface area contributed by atoms with Gasteiger partial charge >= 0.3 is 6.18 Å². The van der Waals surface area contributed by atoms with Gasteiger partial charge in [-0.15, -0.1) is 0 Å². The highest BCUT2D eigenvalue weighted by Gasteiger charge is 2.31. The second-order valence-electron chi connectivity index (χ2n) is 9.64. The lowest BCUT2D eigenvalue weighted by atomic mass is 10.1. The van der Waals surface area contributed by atoms with Crippen molar-refractivity contribution in [2.24, 2.45) is 0 Å². The van der Waals surface area contributed by atoms with Crippen molar-refractivity contribution in [3.63, 3.8) is 0 Å². The van der Waals surface area contributed by atoms with Crippen LogP contribution in [0.15, 0.2) is 55.0 Å². The van der Waals surface area contributed by atoms with E-state index in [2.05, 4.69) is 26.8 Å². The smallest absolute Gasteiger partial charge is 0.416 e. The molecule has 4 heterocycles. The van der Waals surface area contributed by atoms with Crippen LogP contribution in [-0.4, -0.2) is 59.3 Å². The monoisotopic (exact) mass is 527 g/mol. The minimum Gasteiger partial charge on any atom is -0.485 e. The Labute approximate surface area is 216 Å². The summed E-state index contributed by atoms with van der Waals surface area (Å²) in [5.74, 6) is -0.419. The van der Waals surface area contributed by atoms with Gasteiger partial charge in [0.1, 0.15) is 12.1 Å². The Kier molecular flexibility index (Phi) is 6.10. The Morgan fingerprint density at radius 2 is 1.76 bits per heavy atom. The molecule has 38 heavy (non-hydrogen) atoms. The van der Waals surface area contributed by atoms with Crippen molar-refractivity contribution in [2.45, 2.75) is 18.8 Å². The third-order valence-electron chi connectivity index (χ3n) is 6.99. The molecule has 2 aliphatic heterocycles. The van der Waals surface area contributed by atoms with Gasteiger partial charge in [0.2, 0.25) is 0 Å². The van der Waals surface area contributed by atoms with E-state index in [4.69, 9.17) is 9.47 Å². The van der Waals surface area contributed by atoms with Gasteiger partial charge in [-0.3, -0.25) is 0 Å². The Bertz CT molecular complexity index is 1460. The van der Waals surface area contributed by atoms with Gasteiger partial charge in [-0.1, -0.05) is 12.1 Å². The molecule has 1 saturated heterocycles. The van der Waals surface area contributed by atoms with E-state index in [9.17, 15) is 13.2 Å². The second kappa shape index (κ2) is 9.46. The molecule has 0 radical (unpaired) electrons. The van der Waals surface area contributed by atoms with Gasteiger partial charge in [-0.05, 0) is 48.5 Å². The summed E-state index contributed by atoms with van der Waals surface area (Å²) in [6.45, 7) is 4.22. The fourth-order valence-electron chi connectivity index (χ4n) is 4.82. The van der Waals surface area contributed by atoms with Gasteiger partial charge in [0.25, 0.3) is 0 Å². The van der Waals surface area contributed by atoms with Crippen LogP contribution >= 0.6 is 0 Å². The average Bonchev–Trinajstić information content (AvgIpc) is 3.30. The van der Waals surface area contributed by atoms with Gasteiger partial charge in [0, 0.05) is 26.2 Å². The van der Waals surface area contributed by atoms with Crippen LogP contribution in [0.1, 0.15) is 22.8 Å². The minimum atomic E-state index is -4.43. The van der Waals surface area contributed by atoms with Gasteiger partial charge in [0.15, 0.2) is 29.1 Å². The predicted molar refractivity (Wildman–Crippen MR) is 133 cm³/mol. The number of likely N-dealkylation sites (N-methyl/N-ethyl adjacent to an activating group) is 1. The molecule has 0 N–H and O–H groups in total. The molecular formula is C27H25F4N5O2. The fraction of sp³-hybridized carbons (Fsp3) is 0.333. The Balaban J connectivity index is 1.18. The molecule has 2 aromatic carbocycles. The summed E-state index contributed by atoms with van der Waals surface area (Å²) in [6, 6.07) is 9.68. The number of rotatable bonds is 4. The van der Waals surface area contributed by atoms with Crippen LogP contribution in [0.25, 0.3) is 11.2 Å².